The average Bonchev–Trinajstić information content (AvgIpc) is 2.60. The fourth-order valence-corrected chi connectivity index (χ4v) is 2.80. The first kappa shape index (κ1) is 16.8. The second-order valence-electron chi connectivity index (χ2n) is 5.67. The summed E-state index contributed by atoms with van der Waals surface area (Å²) in [7, 11) is 0. The third kappa shape index (κ3) is 4.06. The molecule has 0 aromatic heterocycles. The normalized spacial score (nSPS) is 15.2. The maximum absolute atomic E-state index is 12.4. The number of nitrogens with zero attached hydrogens (tertiary/aromatic N) is 1. The van der Waals surface area contributed by atoms with E-state index >= 15 is 0 Å². The van der Waals surface area contributed by atoms with Gasteiger partial charge in [-0.2, -0.15) is 0 Å². The van der Waals surface area contributed by atoms with E-state index in [0.29, 0.717) is 5.56 Å². The van der Waals surface area contributed by atoms with Gasteiger partial charge in [-0.3, -0.25) is 9.69 Å². The van der Waals surface area contributed by atoms with E-state index in [1.807, 2.05) is 24.3 Å². The largest absolute Gasteiger partial charge is 0.506 e. The number of carbonyl (C=O) groups is 1. The predicted molar refractivity (Wildman–Crippen MR) is 93.6 cm³/mol. The summed E-state index contributed by atoms with van der Waals surface area (Å²) in [6.07, 6.45) is 0. The Bertz CT molecular complexity index is 730. The molecule has 2 aromatic carbocycles. The van der Waals surface area contributed by atoms with Gasteiger partial charge in [-0.1, -0.05) is 29.8 Å². The summed E-state index contributed by atoms with van der Waals surface area (Å²) in [6.45, 7) is 4.00. The Balaban J connectivity index is 1.74. The molecule has 1 aliphatic heterocycles. The zero-order chi connectivity index (χ0) is 16.9. The van der Waals surface area contributed by atoms with Crippen LogP contribution in [0.15, 0.2) is 42.5 Å². The van der Waals surface area contributed by atoms with Gasteiger partial charge < -0.3 is 15.2 Å². The first-order valence-electron chi connectivity index (χ1n) is 7.81. The van der Waals surface area contributed by atoms with Crippen molar-refractivity contribution < 1.29 is 14.6 Å². The number of aromatic hydroxyl groups is 1. The molecule has 0 radical (unpaired) electrons. The van der Waals surface area contributed by atoms with Crippen molar-refractivity contribution in [3.8, 4) is 5.75 Å². The van der Waals surface area contributed by atoms with Crippen LogP contribution in [0, 0.1) is 0 Å². The Hall–Kier alpha value is -2.08. The van der Waals surface area contributed by atoms with E-state index < -0.39 is 0 Å². The zero-order valence-electron chi connectivity index (χ0n) is 13.2. The van der Waals surface area contributed by atoms with Gasteiger partial charge in [0.1, 0.15) is 5.75 Å². The van der Waals surface area contributed by atoms with Crippen LogP contribution in [0.5, 0.6) is 5.75 Å². The highest BCUT2D eigenvalue weighted by Gasteiger charge is 2.15. The van der Waals surface area contributed by atoms with Crippen LogP contribution in [0.1, 0.15) is 15.9 Å². The molecule has 126 valence electrons. The van der Waals surface area contributed by atoms with Crippen LogP contribution in [0.2, 0.25) is 5.02 Å². The fourth-order valence-electron chi connectivity index (χ4n) is 2.62. The third-order valence-corrected chi connectivity index (χ3v) is 4.28. The standard InChI is InChI=1S/C18H19ClN2O3/c19-15-11-13(5-6-17(15)22)18(23)20-16-4-2-1-3-14(16)12-21-7-9-24-10-8-21/h1-6,11,22H,7-10,12H2,(H,20,23). The highest BCUT2D eigenvalue weighted by molar-refractivity contribution is 6.32. The summed E-state index contributed by atoms with van der Waals surface area (Å²) in [5, 5.41) is 12.5. The van der Waals surface area contributed by atoms with Crippen LogP contribution in [0.3, 0.4) is 0 Å². The lowest BCUT2D eigenvalue weighted by molar-refractivity contribution is 0.0342. The average molecular weight is 347 g/mol. The van der Waals surface area contributed by atoms with Crippen LogP contribution in [0.4, 0.5) is 5.69 Å². The van der Waals surface area contributed by atoms with E-state index in [0.717, 1.165) is 44.1 Å². The lowest BCUT2D eigenvalue weighted by atomic mass is 10.1. The summed E-state index contributed by atoms with van der Waals surface area (Å²) in [5.41, 5.74) is 2.23. The number of benzene rings is 2. The molecule has 1 aliphatic rings. The van der Waals surface area contributed by atoms with E-state index in [2.05, 4.69) is 10.2 Å². The monoisotopic (exact) mass is 346 g/mol. The Morgan fingerprint density at radius 2 is 1.96 bits per heavy atom. The summed E-state index contributed by atoms with van der Waals surface area (Å²) in [4.78, 5) is 14.7. The Labute approximate surface area is 145 Å². The molecule has 1 fully saturated rings. The number of halogens is 1. The summed E-state index contributed by atoms with van der Waals surface area (Å²) >= 11 is 5.87. The molecule has 6 heteroatoms. The van der Waals surface area contributed by atoms with Gasteiger partial charge in [-0.15, -0.1) is 0 Å². The van der Waals surface area contributed by atoms with E-state index in [1.54, 1.807) is 6.07 Å². The first-order valence-corrected chi connectivity index (χ1v) is 8.19. The topological polar surface area (TPSA) is 61.8 Å². The number of phenols is 1. The molecule has 2 N–H and O–H groups in total. The van der Waals surface area contributed by atoms with Crippen molar-refractivity contribution in [1.82, 2.24) is 4.90 Å². The molecule has 0 spiro atoms. The Morgan fingerprint density at radius 1 is 1.21 bits per heavy atom. The van der Waals surface area contributed by atoms with E-state index in [1.165, 1.54) is 12.1 Å². The molecule has 0 bridgehead atoms. The van der Waals surface area contributed by atoms with E-state index in [9.17, 15) is 9.90 Å². The Kier molecular flexibility index (Phi) is 5.35. The number of anilines is 1. The van der Waals surface area contributed by atoms with E-state index in [-0.39, 0.29) is 16.7 Å². The molecular formula is C18H19ClN2O3. The van der Waals surface area contributed by atoms with Gasteiger partial charge in [0.15, 0.2) is 0 Å². The smallest absolute Gasteiger partial charge is 0.255 e. The molecule has 1 saturated heterocycles. The van der Waals surface area contributed by atoms with Crippen LogP contribution in [-0.4, -0.2) is 42.2 Å². The van der Waals surface area contributed by atoms with Crippen LogP contribution < -0.4 is 5.32 Å². The number of carbonyl (C=O) groups excluding carboxylic acids is 1. The number of phenolic OH excluding ortho intramolecular Hbond substituents is 1. The molecule has 2 aromatic rings. The number of hydrogen-bond donors (Lipinski definition) is 2. The van der Waals surface area contributed by atoms with Crippen LogP contribution in [-0.2, 0) is 11.3 Å². The maximum Gasteiger partial charge on any atom is 0.255 e. The van der Waals surface area contributed by atoms with Crippen LogP contribution in [0.25, 0.3) is 0 Å². The highest BCUT2D eigenvalue weighted by atomic mass is 35.5. The van der Waals surface area contributed by atoms with Crippen molar-refractivity contribution in [3.63, 3.8) is 0 Å². The molecule has 1 amide bonds. The van der Waals surface area contributed by atoms with Gasteiger partial charge in [0.2, 0.25) is 0 Å². The first-order chi connectivity index (χ1) is 11.6. The highest BCUT2D eigenvalue weighted by Crippen LogP contribution is 2.25. The zero-order valence-corrected chi connectivity index (χ0v) is 13.9. The molecule has 3 rings (SSSR count). The molecule has 0 unspecified atom stereocenters. The number of amides is 1. The van der Waals surface area contributed by atoms with Gasteiger partial charge in [-0.25, -0.2) is 0 Å². The van der Waals surface area contributed by atoms with Crippen molar-refractivity contribution in [2.45, 2.75) is 6.54 Å². The van der Waals surface area contributed by atoms with Crippen molar-refractivity contribution in [2.24, 2.45) is 0 Å². The lowest BCUT2D eigenvalue weighted by Gasteiger charge is -2.27. The minimum Gasteiger partial charge on any atom is -0.506 e. The number of morpholine rings is 1. The maximum atomic E-state index is 12.4. The second-order valence-corrected chi connectivity index (χ2v) is 6.07. The molecule has 0 atom stereocenters. The van der Waals surface area contributed by atoms with Gasteiger partial charge >= 0.3 is 0 Å². The van der Waals surface area contributed by atoms with Crippen molar-refractivity contribution in [2.75, 3.05) is 31.6 Å². The minimum atomic E-state index is -0.258. The molecular weight excluding hydrogens is 328 g/mol. The third-order valence-electron chi connectivity index (χ3n) is 3.97. The number of nitrogens with one attached hydrogen (secondary N) is 1. The predicted octanol–water partition coefficient (Wildman–Crippen LogP) is 3.13. The van der Waals surface area contributed by atoms with E-state index in [4.69, 9.17) is 16.3 Å². The number of hydrogen-bond acceptors (Lipinski definition) is 4. The Morgan fingerprint density at radius 3 is 2.71 bits per heavy atom. The van der Waals surface area contributed by atoms with Gasteiger partial charge in [0.25, 0.3) is 5.91 Å². The second kappa shape index (κ2) is 7.66. The molecule has 24 heavy (non-hydrogen) atoms. The molecule has 5 nitrogen and oxygen atoms in total. The quantitative estimate of drug-likeness (QED) is 0.893. The number of ether oxygens (including phenoxy) is 1. The van der Waals surface area contributed by atoms with Gasteiger partial charge in [0, 0.05) is 30.9 Å². The summed E-state index contributed by atoms with van der Waals surface area (Å²) < 4.78 is 5.37. The summed E-state index contributed by atoms with van der Waals surface area (Å²) in [5.74, 6) is -0.299. The minimum absolute atomic E-state index is 0.0408. The van der Waals surface area contributed by atoms with Gasteiger partial charge in [-0.05, 0) is 29.8 Å². The molecule has 0 saturated carbocycles. The molecule has 1 heterocycles. The number of rotatable bonds is 4. The molecule has 0 aliphatic carbocycles. The SMILES string of the molecule is O=C(Nc1ccccc1CN1CCOCC1)c1ccc(O)c(Cl)c1. The lowest BCUT2D eigenvalue weighted by Crippen LogP contribution is -2.35. The van der Waals surface area contributed by atoms with Crippen LogP contribution >= 0.6 is 11.6 Å². The fraction of sp³-hybridized carbons (Fsp3) is 0.278. The summed E-state index contributed by atoms with van der Waals surface area (Å²) in [6, 6.07) is 12.2. The number of para-hydroxylation sites is 1. The van der Waals surface area contributed by atoms with Crippen molar-refractivity contribution in [1.29, 1.82) is 0 Å². The van der Waals surface area contributed by atoms with Gasteiger partial charge in [0.05, 0.1) is 18.2 Å². The van der Waals surface area contributed by atoms with Crippen molar-refractivity contribution >= 4 is 23.2 Å². The van der Waals surface area contributed by atoms with Crippen molar-refractivity contribution in [3.05, 3.63) is 58.6 Å².